The third-order valence-corrected chi connectivity index (χ3v) is 4.24. The molecular formula is C20H16LiN3O3. The first-order chi connectivity index (χ1) is 12.6. The standard InChI is InChI=1S/C20H15N3O3.Li.H/c24-19(25)15-8-10-16(11-9-15)23-17-7-4-12-21-18(17)22(20(23)26)13-14-5-2-1-3-6-14;;/h1-12H,13H2,(H,24,25);;/q;+1;-1. The van der Waals surface area contributed by atoms with Crippen LogP contribution < -0.4 is 24.6 Å². The summed E-state index contributed by atoms with van der Waals surface area (Å²) in [6.45, 7) is 0.410. The van der Waals surface area contributed by atoms with Crippen LogP contribution in [-0.2, 0) is 6.54 Å². The summed E-state index contributed by atoms with van der Waals surface area (Å²) in [5.41, 5.74) is 2.82. The minimum Gasteiger partial charge on any atom is -1.00 e. The van der Waals surface area contributed by atoms with E-state index in [0.717, 1.165) is 5.56 Å². The van der Waals surface area contributed by atoms with Gasteiger partial charge in [-0.25, -0.2) is 14.6 Å². The van der Waals surface area contributed by atoms with Gasteiger partial charge in [0.1, 0.15) is 0 Å². The third-order valence-electron chi connectivity index (χ3n) is 4.24. The van der Waals surface area contributed by atoms with Crippen molar-refractivity contribution in [3.63, 3.8) is 0 Å². The van der Waals surface area contributed by atoms with Crippen LogP contribution in [0.15, 0.2) is 77.7 Å². The van der Waals surface area contributed by atoms with Crippen molar-refractivity contribution in [3.8, 4) is 5.69 Å². The second-order valence-corrected chi connectivity index (χ2v) is 5.89. The second kappa shape index (κ2) is 7.66. The quantitative estimate of drug-likeness (QED) is 0.526. The van der Waals surface area contributed by atoms with E-state index in [1.165, 1.54) is 12.1 Å². The summed E-state index contributed by atoms with van der Waals surface area (Å²) in [6.07, 6.45) is 1.65. The molecule has 0 bridgehead atoms. The van der Waals surface area contributed by atoms with Crippen LogP contribution in [-0.4, -0.2) is 25.2 Å². The van der Waals surface area contributed by atoms with Crippen molar-refractivity contribution in [2.75, 3.05) is 0 Å². The Hall–Kier alpha value is -3.07. The number of rotatable bonds is 4. The summed E-state index contributed by atoms with van der Waals surface area (Å²) in [4.78, 5) is 28.5. The number of imidazole rings is 1. The van der Waals surface area contributed by atoms with Gasteiger partial charge in [-0.3, -0.25) is 9.13 Å². The summed E-state index contributed by atoms with van der Waals surface area (Å²) in [7, 11) is 0. The van der Waals surface area contributed by atoms with Crippen molar-refractivity contribution in [1.29, 1.82) is 0 Å². The van der Waals surface area contributed by atoms with E-state index in [1.807, 2.05) is 36.4 Å². The molecule has 0 atom stereocenters. The Morgan fingerprint density at radius 2 is 1.70 bits per heavy atom. The van der Waals surface area contributed by atoms with Gasteiger partial charge in [-0.05, 0) is 42.0 Å². The van der Waals surface area contributed by atoms with Gasteiger partial charge in [0.25, 0.3) is 0 Å². The Kier molecular flexibility index (Phi) is 5.31. The van der Waals surface area contributed by atoms with E-state index in [2.05, 4.69) is 4.98 Å². The minimum absolute atomic E-state index is 0. The molecule has 1 N–H and O–H groups in total. The summed E-state index contributed by atoms with van der Waals surface area (Å²) < 4.78 is 3.17. The number of nitrogens with zero attached hydrogens (tertiary/aromatic N) is 3. The molecule has 0 saturated carbocycles. The van der Waals surface area contributed by atoms with E-state index in [1.54, 1.807) is 33.5 Å². The van der Waals surface area contributed by atoms with E-state index < -0.39 is 5.97 Å². The normalized spacial score (nSPS) is 10.5. The first-order valence-electron chi connectivity index (χ1n) is 8.09. The van der Waals surface area contributed by atoms with E-state index in [9.17, 15) is 9.59 Å². The van der Waals surface area contributed by atoms with Gasteiger partial charge in [-0.2, -0.15) is 0 Å². The van der Waals surface area contributed by atoms with E-state index in [-0.39, 0.29) is 31.5 Å². The smallest absolute Gasteiger partial charge is 1.00 e. The molecule has 7 heteroatoms. The number of pyridine rings is 1. The molecule has 2 heterocycles. The van der Waals surface area contributed by atoms with Crippen molar-refractivity contribution < 1.29 is 30.2 Å². The molecule has 0 radical (unpaired) electrons. The molecule has 0 saturated heterocycles. The zero-order chi connectivity index (χ0) is 18.1. The largest absolute Gasteiger partial charge is 1.00 e. The monoisotopic (exact) mass is 353 g/mol. The molecule has 0 aliphatic rings. The topological polar surface area (TPSA) is 77.1 Å². The van der Waals surface area contributed by atoms with Crippen LogP contribution in [0.3, 0.4) is 0 Å². The molecular weight excluding hydrogens is 337 g/mol. The molecule has 27 heavy (non-hydrogen) atoms. The van der Waals surface area contributed by atoms with Gasteiger partial charge in [0.05, 0.1) is 23.3 Å². The predicted molar refractivity (Wildman–Crippen MR) is 98.9 cm³/mol. The predicted octanol–water partition coefficient (Wildman–Crippen LogP) is 0.0502. The van der Waals surface area contributed by atoms with Crippen LogP contribution >= 0.6 is 0 Å². The summed E-state index contributed by atoms with van der Waals surface area (Å²) >= 11 is 0. The van der Waals surface area contributed by atoms with Gasteiger partial charge >= 0.3 is 30.5 Å². The van der Waals surface area contributed by atoms with Crippen molar-refractivity contribution in [3.05, 3.63) is 94.5 Å². The van der Waals surface area contributed by atoms with Crippen LogP contribution in [0.5, 0.6) is 0 Å². The number of aromatic carboxylic acids is 1. The van der Waals surface area contributed by atoms with Crippen LogP contribution in [0.4, 0.5) is 0 Å². The van der Waals surface area contributed by atoms with Gasteiger partial charge in [0.2, 0.25) is 0 Å². The molecule has 0 spiro atoms. The van der Waals surface area contributed by atoms with E-state index in [0.29, 0.717) is 23.4 Å². The van der Waals surface area contributed by atoms with Crippen LogP contribution in [0.1, 0.15) is 17.3 Å². The molecule has 4 aromatic rings. The van der Waals surface area contributed by atoms with Crippen molar-refractivity contribution in [1.82, 2.24) is 14.1 Å². The fourth-order valence-corrected chi connectivity index (χ4v) is 3.00. The number of aromatic nitrogens is 3. The molecule has 0 aliphatic carbocycles. The van der Waals surface area contributed by atoms with Gasteiger partial charge in [-0.15, -0.1) is 0 Å². The van der Waals surface area contributed by atoms with E-state index in [4.69, 9.17) is 5.11 Å². The number of fused-ring (bicyclic) bond motifs is 1. The maximum atomic E-state index is 13.1. The Balaban J connectivity index is 0.00000140. The number of hydrogen-bond acceptors (Lipinski definition) is 3. The average molecular weight is 353 g/mol. The van der Waals surface area contributed by atoms with Gasteiger partial charge in [0, 0.05) is 6.20 Å². The number of hydrogen-bond donors (Lipinski definition) is 1. The van der Waals surface area contributed by atoms with Gasteiger partial charge in [0.15, 0.2) is 5.65 Å². The molecule has 0 aliphatic heterocycles. The summed E-state index contributed by atoms with van der Waals surface area (Å²) in [6, 6.07) is 19.5. The number of benzene rings is 2. The zero-order valence-electron chi connectivity index (χ0n) is 15.7. The fraction of sp³-hybridized carbons (Fsp3) is 0.0500. The van der Waals surface area contributed by atoms with E-state index >= 15 is 0 Å². The molecule has 2 aromatic carbocycles. The number of carboxylic acid groups (broad SMARTS) is 1. The summed E-state index contributed by atoms with van der Waals surface area (Å²) in [5, 5.41) is 9.06. The first kappa shape index (κ1) is 18.7. The first-order valence-corrected chi connectivity index (χ1v) is 8.09. The molecule has 0 unspecified atom stereocenters. The maximum absolute atomic E-state index is 13.1. The number of carboxylic acids is 1. The molecule has 130 valence electrons. The van der Waals surface area contributed by atoms with Crippen molar-refractivity contribution >= 4 is 17.1 Å². The maximum Gasteiger partial charge on any atom is 1.00 e. The minimum atomic E-state index is -1.00. The number of carbonyl (C=O) groups is 1. The average Bonchev–Trinajstić information content (AvgIpc) is 2.95. The third kappa shape index (κ3) is 3.45. The molecule has 2 aromatic heterocycles. The van der Waals surface area contributed by atoms with Gasteiger partial charge < -0.3 is 6.53 Å². The molecule has 6 nitrogen and oxygen atoms in total. The SMILES string of the molecule is O=C(O)c1ccc(-n2c(=O)n(Cc3ccccc3)c3ncccc32)cc1.[H-].[Li+]. The van der Waals surface area contributed by atoms with Gasteiger partial charge in [-0.1, -0.05) is 30.3 Å². The second-order valence-electron chi connectivity index (χ2n) is 5.89. The molecule has 0 amide bonds. The Bertz CT molecular complexity index is 1160. The summed E-state index contributed by atoms with van der Waals surface area (Å²) in [5.74, 6) is -1.00. The van der Waals surface area contributed by atoms with Crippen LogP contribution in [0.2, 0.25) is 0 Å². The fourth-order valence-electron chi connectivity index (χ4n) is 3.00. The zero-order valence-corrected chi connectivity index (χ0v) is 14.7. The Morgan fingerprint density at radius 1 is 1.00 bits per heavy atom. The van der Waals surface area contributed by atoms with Crippen molar-refractivity contribution in [2.24, 2.45) is 0 Å². The van der Waals surface area contributed by atoms with Crippen LogP contribution in [0, 0.1) is 0 Å². The van der Waals surface area contributed by atoms with Crippen molar-refractivity contribution in [2.45, 2.75) is 6.54 Å². The van der Waals surface area contributed by atoms with Crippen LogP contribution in [0.25, 0.3) is 16.9 Å². The Labute approximate surface area is 168 Å². The Morgan fingerprint density at radius 3 is 2.37 bits per heavy atom. The molecule has 4 rings (SSSR count). The molecule has 0 fully saturated rings.